The van der Waals surface area contributed by atoms with Gasteiger partial charge < -0.3 is 4.74 Å². The van der Waals surface area contributed by atoms with Crippen LogP contribution in [0.25, 0.3) is 0 Å². The number of unbranched alkanes of at least 4 members (excludes halogenated alkanes) is 3. The molecule has 1 unspecified atom stereocenters. The molecule has 0 saturated carbocycles. The van der Waals surface area contributed by atoms with Crippen LogP contribution in [0.3, 0.4) is 0 Å². The van der Waals surface area contributed by atoms with Crippen LogP contribution in [-0.2, 0) is 20.7 Å². The Labute approximate surface area is 239 Å². The first-order chi connectivity index (χ1) is 19.3. The molecule has 0 fully saturated rings. The van der Waals surface area contributed by atoms with Crippen molar-refractivity contribution in [3.63, 3.8) is 0 Å². The van der Waals surface area contributed by atoms with Crippen LogP contribution in [0, 0.1) is 0 Å². The standard InChI is InChI=1S/C33H44NO5P/c1-5-9-21-40(22-10-6-2,23-11-7-3)30(33(38)39-8-4)29(35)28(24-25-17-13-12-14-18-25)34-31(36)26-19-15-16-20-27(26)32(34)37/h12-20,28H,5-11,21-24H2,1-4H3. The van der Waals surface area contributed by atoms with Crippen molar-refractivity contribution in [2.45, 2.75) is 78.7 Å². The molecule has 0 N–H and O–H groups in total. The largest absolute Gasteiger partial charge is 0.462 e. The molecule has 0 aromatic heterocycles. The Kier molecular flexibility index (Phi) is 11.9. The molecule has 1 aliphatic rings. The van der Waals surface area contributed by atoms with Crippen molar-refractivity contribution in [2.75, 3.05) is 25.1 Å². The molecule has 216 valence electrons. The summed E-state index contributed by atoms with van der Waals surface area (Å²) in [6, 6.07) is 14.9. The summed E-state index contributed by atoms with van der Waals surface area (Å²) in [5, 5.41) is 0.238. The van der Waals surface area contributed by atoms with Crippen LogP contribution in [0.15, 0.2) is 54.6 Å². The lowest BCUT2D eigenvalue weighted by atomic mass is 9.98. The second-order valence-electron chi connectivity index (χ2n) is 10.5. The molecule has 0 bridgehead atoms. The van der Waals surface area contributed by atoms with Gasteiger partial charge in [0, 0.05) is 6.42 Å². The van der Waals surface area contributed by atoms with Gasteiger partial charge in [0.1, 0.15) is 11.3 Å². The van der Waals surface area contributed by atoms with Crippen molar-refractivity contribution in [2.24, 2.45) is 0 Å². The maximum absolute atomic E-state index is 14.9. The lowest BCUT2D eigenvalue weighted by Gasteiger charge is -2.33. The van der Waals surface area contributed by atoms with Crippen molar-refractivity contribution >= 4 is 35.7 Å². The van der Waals surface area contributed by atoms with Crippen LogP contribution in [0.4, 0.5) is 0 Å². The van der Waals surface area contributed by atoms with E-state index in [2.05, 4.69) is 20.8 Å². The minimum Gasteiger partial charge on any atom is -0.462 e. The summed E-state index contributed by atoms with van der Waals surface area (Å²) < 4.78 is 5.59. The van der Waals surface area contributed by atoms with Gasteiger partial charge in [-0.15, -0.1) is 0 Å². The molecule has 0 aliphatic carbocycles. The Hall–Kier alpha value is -2.98. The zero-order chi connectivity index (χ0) is 29.1. The Bertz CT molecular complexity index is 1190. The number of carbonyl (C=O) groups excluding carboxylic acids is 4. The summed E-state index contributed by atoms with van der Waals surface area (Å²) >= 11 is 0. The van der Waals surface area contributed by atoms with Crippen molar-refractivity contribution in [3.05, 3.63) is 71.3 Å². The highest BCUT2D eigenvalue weighted by molar-refractivity contribution is 7.79. The van der Waals surface area contributed by atoms with Crippen LogP contribution in [0.1, 0.15) is 92.5 Å². The third-order valence-electron chi connectivity index (χ3n) is 7.71. The van der Waals surface area contributed by atoms with Gasteiger partial charge in [-0.1, -0.05) is 89.4 Å². The zero-order valence-corrected chi connectivity index (χ0v) is 25.4. The number of esters is 1. The number of ketones is 1. The maximum atomic E-state index is 14.9. The summed E-state index contributed by atoms with van der Waals surface area (Å²) in [5.41, 5.74) is 1.40. The number of nitrogens with zero attached hydrogens (tertiary/aromatic N) is 1. The summed E-state index contributed by atoms with van der Waals surface area (Å²) in [7, 11) is 0. The first-order valence-electron chi connectivity index (χ1n) is 14.8. The van der Waals surface area contributed by atoms with E-state index in [-0.39, 0.29) is 18.3 Å². The Morgan fingerprint density at radius 3 is 1.68 bits per heavy atom. The molecular formula is C33H44NO5P. The van der Waals surface area contributed by atoms with E-state index in [9.17, 15) is 19.2 Å². The molecule has 3 rings (SSSR count). The van der Waals surface area contributed by atoms with Crippen LogP contribution in [0.5, 0.6) is 0 Å². The van der Waals surface area contributed by atoms with E-state index in [1.807, 2.05) is 30.3 Å². The Morgan fingerprint density at radius 2 is 1.23 bits per heavy atom. The van der Waals surface area contributed by atoms with Crippen molar-refractivity contribution in [1.82, 2.24) is 4.90 Å². The predicted molar refractivity (Wildman–Crippen MR) is 164 cm³/mol. The SMILES string of the molecule is CCCCP(CCCC)(CCCC)=C(C(=O)OCC)C(=O)C(Cc1ccccc1)N1C(=O)c2ccccc2C1=O. The fourth-order valence-corrected chi connectivity index (χ4v) is 10.7. The van der Waals surface area contributed by atoms with Gasteiger partial charge in [0.15, 0.2) is 5.78 Å². The van der Waals surface area contributed by atoms with Crippen LogP contribution < -0.4 is 0 Å². The van der Waals surface area contributed by atoms with Gasteiger partial charge in [0.05, 0.1) is 17.7 Å². The van der Waals surface area contributed by atoms with Gasteiger partial charge in [-0.2, -0.15) is 0 Å². The van der Waals surface area contributed by atoms with Gasteiger partial charge in [-0.05, 0) is 62.4 Å². The average Bonchev–Trinajstić information content (AvgIpc) is 3.22. The molecule has 40 heavy (non-hydrogen) atoms. The number of ether oxygens (including phenoxy) is 1. The topological polar surface area (TPSA) is 80.8 Å². The molecule has 2 aromatic rings. The number of amides is 2. The normalized spacial score (nSPS) is 13.8. The molecule has 6 nitrogen and oxygen atoms in total. The highest BCUT2D eigenvalue weighted by Crippen LogP contribution is 2.52. The molecule has 2 aromatic carbocycles. The number of rotatable bonds is 16. The third kappa shape index (κ3) is 7.01. The first kappa shape index (κ1) is 31.5. The van der Waals surface area contributed by atoms with E-state index >= 15 is 0 Å². The highest BCUT2D eigenvalue weighted by Gasteiger charge is 2.46. The lowest BCUT2D eigenvalue weighted by Crippen LogP contribution is -2.50. The molecule has 1 atom stereocenters. The molecule has 7 heteroatoms. The third-order valence-corrected chi connectivity index (χ3v) is 12.6. The quantitative estimate of drug-likeness (QED) is 0.0990. The number of imide groups is 1. The van der Waals surface area contributed by atoms with Gasteiger partial charge in [0.25, 0.3) is 11.8 Å². The van der Waals surface area contributed by atoms with E-state index in [0.717, 1.165) is 67.5 Å². The van der Waals surface area contributed by atoms with Crippen molar-refractivity contribution in [1.29, 1.82) is 0 Å². The molecule has 1 heterocycles. The summed E-state index contributed by atoms with van der Waals surface area (Å²) in [5.74, 6) is -1.97. The summed E-state index contributed by atoms with van der Waals surface area (Å²) in [4.78, 5) is 57.1. The second kappa shape index (κ2) is 15.1. The van der Waals surface area contributed by atoms with Gasteiger partial charge in [0.2, 0.25) is 0 Å². The number of carbonyl (C=O) groups is 4. The van der Waals surface area contributed by atoms with E-state index in [0.29, 0.717) is 11.1 Å². The average molecular weight is 566 g/mol. The van der Waals surface area contributed by atoms with Crippen molar-refractivity contribution < 1.29 is 23.9 Å². The molecule has 2 amide bonds. The number of hydrogen-bond donors (Lipinski definition) is 0. The van der Waals surface area contributed by atoms with Crippen LogP contribution in [0.2, 0.25) is 0 Å². The molecule has 0 radical (unpaired) electrons. The van der Waals surface area contributed by atoms with Gasteiger partial charge in [-0.3, -0.25) is 19.3 Å². The second-order valence-corrected chi connectivity index (χ2v) is 14.6. The maximum Gasteiger partial charge on any atom is 0.341 e. The summed E-state index contributed by atoms with van der Waals surface area (Å²) in [6.45, 7) is 6.00. The minimum atomic E-state index is -2.27. The van der Waals surface area contributed by atoms with Crippen LogP contribution in [-0.4, -0.2) is 64.9 Å². The van der Waals surface area contributed by atoms with E-state index in [1.54, 1.807) is 31.2 Å². The minimum absolute atomic E-state index is 0.142. The Morgan fingerprint density at radius 1 is 0.750 bits per heavy atom. The number of Topliss-reactive ketones (excluding diaryl/α,β-unsaturated/α-hetero) is 1. The fourth-order valence-electron chi connectivity index (χ4n) is 5.57. The number of fused-ring (bicyclic) bond motifs is 1. The first-order valence-corrected chi connectivity index (χ1v) is 17.1. The highest BCUT2D eigenvalue weighted by atomic mass is 31.2. The molecular weight excluding hydrogens is 521 g/mol. The van der Waals surface area contributed by atoms with E-state index in [1.165, 1.54) is 0 Å². The fraction of sp³-hybridized carbons (Fsp3) is 0.485. The van der Waals surface area contributed by atoms with Gasteiger partial charge in [-0.25, -0.2) is 4.79 Å². The summed E-state index contributed by atoms with van der Waals surface area (Å²) in [6.07, 6.45) is 8.12. The lowest BCUT2D eigenvalue weighted by molar-refractivity contribution is -0.135. The molecule has 1 aliphatic heterocycles. The number of hydrogen-bond acceptors (Lipinski definition) is 5. The monoisotopic (exact) mass is 565 g/mol. The predicted octanol–water partition coefficient (Wildman–Crippen LogP) is 6.62. The molecule has 0 saturated heterocycles. The van der Waals surface area contributed by atoms with Gasteiger partial charge >= 0.3 is 5.97 Å². The Balaban J connectivity index is 2.27. The molecule has 0 spiro atoms. The van der Waals surface area contributed by atoms with E-state index in [4.69, 9.17) is 4.74 Å². The zero-order valence-electron chi connectivity index (χ0n) is 24.5. The van der Waals surface area contributed by atoms with E-state index < -0.39 is 36.5 Å². The van der Waals surface area contributed by atoms with Crippen LogP contribution >= 0.6 is 6.89 Å². The smallest absolute Gasteiger partial charge is 0.341 e. The number of benzene rings is 2. The van der Waals surface area contributed by atoms with Crippen molar-refractivity contribution in [3.8, 4) is 0 Å².